The molecule has 0 saturated heterocycles. The molecule has 7 heteroatoms. The third-order valence-corrected chi connectivity index (χ3v) is 2.10. The average molecular weight is 243 g/mol. The molecule has 4 nitrogen and oxygen atoms in total. The van der Waals surface area contributed by atoms with Gasteiger partial charge in [0, 0.05) is 17.6 Å². The van der Waals surface area contributed by atoms with Crippen LogP contribution in [0.1, 0.15) is 0 Å². The molecule has 0 saturated carbocycles. The molecule has 0 aliphatic heterocycles. The molecule has 0 radical (unpaired) electrons. The SMILES string of the molecule is NNc1ccnc2cc(OC(F)(F)F)ccc12. The summed E-state index contributed by atoms with van der Waals surface area (Å²) in [7, 11) is 0. The van der Waals surface area contributed by atoms with Gasteiger partial charge in [-0.2, -0.15) is 0 Å². The Kier molecular flexibility index (Phi) is 2.76. The van der Waals surface area contributed by atoms with Crippen molar-refractivity contribution in [2.45, 2.75) is 6.36 Å². The van der Waals surface area contributed by atoms with Gasteiger partial charge in [0.2, 0.25) is 0 Å². The molecule has 1 aromatic carbocycles. The Morgan fingerprint density at radius 2 is 2.00 bits per heavy atom. The van der Waals surface area contributed by atoms with Gasteiger partial charge < -0.3 is 10.2 Å². The number of nitrogen functional groups attached to an aromatic ring is 1. The van der Waals surface area contributed by atoms with E-state index in [1.165, 1.54) is 24.4 Å². The van der Waals surface area contributed by atoms with E-state index in [1.54, 1.807) is 6.07 Å². The molecular weight excluding hydrogens is 235 g/mol. The van der Waals surface area contributed by atoms with Crippen molar-refractivity contribution < 1.29 is 17.9 Å². The number of halogens is 3. The lowest BCUT2D eigenvalue weighted by Gasteiger charge is -2.10. The first-order valence-electron chi connectivity index (χ1n) is 4.61. The van der Waals surface area contributed by atoms with Gasteiger partial charge in [0.25, 0.3) is 0 Å². The van der Waals surface area contributed by atoms with Gasteiger partial charge in [-0.25, -0.2) is 0 Å². The molecule has 2 aromatic rings. The molecular formula is C10H8F3N3O. The van der Waals surface area contributed by atoms with Gasteiger partial charge in [0.1, 0.15) is 5.75 Å². The molecule has 17 heavy (non-hydrogen) atoms. The maximum atomic E-state index is 12.0. The van der Waals surface area contributed by atoms with E-state index < -0.39 is 6.36 Å². The summed E-state index contributed by atoms with van der Waals surface area (Å²) in [4.78, 5) is 3.94. The van der Waals surface area contributed by atoms with Gasteiger partial charge in [0.15, 0.2) is 0 Å². The van der Waals surface area contributed by atoms with Crippen molar-refractivity contribution >= 4 is 16.6 Å². The second-order valence-electron chi connectivity index (χ2n) is 3.23. The number of nitrogens with zero attached hydrogens (tertiary/aromatic N) is 1. The summed E-state index contributed by atoms with van der Waals surface area (Å²) in [5.41, 5.74) is 3.38. The van der Waals surface area contributed by atoms with Gasteiger partial charge in [-0.1, -0.05) is 0 Å². The second kappa shape index (κ2) is 4.10. The Balaban J connectivity index is 2.45. The van der Waals surface area contributed by atoms with Crippen LogP contribution < -0.4 is 16.0 Å². The van der Waals surface area contributed by atoms with Crippen LogP contribution in [0.3, 0.4) is 0 Å². The number of hydrogen-bond acceptors (Lipinski definition) is 4. The summed E-state index contributed by atoms with van der Waals surface area (Å²) >= 11 is 0. The lowest BCUT2D eigenvalue weighted by Crippen LogP contribution is -2.17. The number of hydrogen-bond donors (Lipinski definition) is 2. The number of nitrogens with two attached hydrogens (primary N) is 1. The van der Waals surface area contributed by atoms with E-state index in [9.17, 15) is 13.2 Å². The van der Waals surface area contributed by atoms with Gasteiger partial charge in [-0.15, -0.1) is 13.2 Å². The molecule has 1 heterocycles. The van der Waals surface area contributed by atoms with E-state index in [4.69, 9.17) is 5.84 Å². The molecule has 1 aromatic heterocycles. The predicted molar refractivity (Wildman–Crippen MR) is 56.2 cm³/mol. The first kappa shape index (κ1) is 11.5. The number of pyridine rings is 1. The molecule has 2 rings (SSSR count). The summed E-state index contributed by atoms with van der Waals surface area (Å²) < 4.78 is 39.8. The van der Waals surface area contributed by atoms with Crippen LogP contribution in [-0.4, -0.2) is 11.3 Å². The quantitative estimate of drug-likeness (QED) is 0.628. The summed E-state index contributed by atoms with van der Waals surface area (Å²) in [6, 6.07) is 5.48. The molecule has 0 bridgehead atoms. The molecule has 3 N–H and O–H groups in total. The molecule has 0 aliphatic rings. The number of hydrazine groups is 1. The van der Waals surface area contributed by atoms with Gasteiger partial charge >= 0.3 is 6.36 Å². The fourth-order valence-corrected chi connectivity index (χ4v) is 1.45. The van der Waals surface area contributed by atoms with Crippen LogP contribution in [0, 0.1) is 0 Å². The average Bonchev–Trinajstić information content (AvgIpc) is 2.25. The number of anilines is 1. The zero-order valence-electron chi connectivity index (χ0n) is 8.45. The maximum Gasteiger partial charge on any atom is 0.573 e. The second-order valence-corrected chi connectivity index (χ2v) is 3.23. The number of nitrogens with one attached hydrogen (secondary N) is 1. The van der Waals surface area contributed by atoms with Gasteiger partial charge in [-0.05, 0) is 18.2 Å². The molecule has 0 spiro atoms. The summed E-state index contributed by atoms with van der Waals surface area (Å²) in [6.45, 7) is 0. The number of aromatic nitrogens is 1. The van der Waals surface area contributed by atoms with Crippen LogP contribution in [0.4, 0.5) is 18.9 Å². The van der Waals surface area contributed by atoms with Crippen LogP contribution in [0.5, 0.6) is 5.75 Å². The fraction of sp³-hybridized carbons (Fsp3) is 0.100. The topological polar surface area (TPSA) is 60.2 Å². The number of alkyl halides is 3. The minimum Gasteiger partial charge on any atom is -0.406 e. The van der Waals surface area contributed by atoms with Crippen LogP contribution in [0.15, 0.2) is 30.5 Å². The van der Waals surface area contributed by atoms with E-state index >= 15 is 0 Å². The Bertz CT molecular complexity index is 542. The summed E-state index contributed by atoms with van der Waals surface area (Å²) in [6.07, 6.45) is -3.27. The molecule has 90 valence electrons. The normalized spacial score (nSPS) is 11.5. The monoisotopic (exact) mass is 243 g/mol. The molecule has 0 amide bonds. The molecule has 0 fully saturated rings. The van der Waals surface area contributed by atoms with Crippen LogP contribution >= 0.6 is 0 Å². The van der Waals surface area contributed by atoms with E-state index in [0.717, 1.165) is 0 Å². The number of ether oxygens (including phenoxy) is 1. The third-order valence-electron chi connectivity index (χ3n) is 2.10. The maximum absolute atomic E-state index is 12.0. The molecule has 0 atom stereocenters. The van der Waals surface area contributed by atoms with Crippen molar-refractivity contribution in [2.24, 2.45) is 5.84 Å². The fourth-order valence-electron chi connectivity index (χ4n) is 1.45. The van der Waals surface area contributed by atoms with Crippen LogP contribution in [0.2, 0.25) is 0 Å². The van der Waals surface area contributed by atoms with Crippen molar-refractivity contribution in [3.63, 3.8) is 0 Å². The summed E-state index contributed by atoms with van der Waals surface area (Å²) in [5.74, 6) is 4.95. The minimum absolute atomic E-state index is 0.313. The minimum atomic E-state index is -4.71. The Labute approximate surface area is 94.2 Å². The van der Waals surface area contributed by atoms with E-state index in [2.05, 4.69) is 15.1 Å². The largest absolute Gasteiger partial charge is 0.573 e. The lowest BCUT2D eigenvalue weighted by atomic mass is 10.2. The van der Waals surface area contributed by atoms with Gasteiger partial charge in [-0.3, -0.25) is 10.8 Å². The Hall–Kier alpha value is -2.02. The zero-order valence-corrected chi connectivity index (χ0v) is 8.45. The van der Waals surface area contributed by atoms with Gasteiger partial charge in [0.05, 0.1) is 11.2 Å². The highest BCUT2D eigenvalue weighted by molar-refractivity contribution is 5.91. The Morgan fingerprint density at radius 1 is 1.24 bits per heavy atom. The first-order chi connectivity index (χ1) is 7.99. The van der Waals surface area contributed by atoms with Crippen LogP contribution in [0.25, 0.3) is 10.9 Å². The van der Waals surface area contributed by atoms with Crippen LogP contribution in [-0.2, 0) is 0 Å². The highest BCUT2D eigenvalue weighted by Gasteiger charge is 2.31. The molecule has 0 unspecified atom stereocenters. The predicted octanol–water partition coefficient (Wildman–Crippen LogP) is 2.42. The number of rotatable bonds is 2. The highest BCUT2D eigenvalue weighted by Crippen LogP contribution is 2.28. The van der Waals surface area contributed by atoms with Crippen molar-refractivity contribution in [1.82, 2.24) is 4.98 Å². The van der Waals surface area contributed by atoms with Crippen molar-refractivity contribution in [3.8, 4) is 5.75 Å². The number of benzene rings is 1. The van der Waals surface area contributed by atoms with E-state index in [1.807, 2.05) is 0 Å². The first-order valence-corrected chi connectivity index (χ1v) is 4.61. The highest BCUT2D eigenvalue weighted by atomic mass is 19.4. The summed E-state index contributed by atoms with van der Waals surface area (Å²) in [5, 5.41) is 0.615. The van der Waals surface area contributed by atoms with Crippen molar-refractivity contribution in [1.29, 1.82) is 0 Å². The molecule has 0 aliphatic carbocycles. The smallest absolute Gasteiger partial charge is 0.406 e. The Morgan fingerprint density at radius 3 is 2.65 bits per heavy atom. The van der Waals surface area contributed by atoms with Crippen molar-refractivity contribution in [3.05, 3.63) is 30.5 Å². The standard InChI is InChI=1S/C10H8F3N3O/c11-10(12,13)17-6-1-2-7-8(16-14)3-4-15-9(7)5-6/h1-5H,14H2,(H,15,16). The number of fused-ring (bicyclic) bond motifs is 1. The van der Waals surface area contributed by atoms with E-state index in [0.29, 0.717) is 16.6 Å². The lowest BCUT2D eigenvalue weighted by molar-refractivity contribution is -0.274. The van der Waals surface area contributed by atoms with E-state index in [-0.39, 0.29) is 5.75 Å². The zero-order chi connectivity index (χ0) is 12.5. The van der Waals surface area contributed by atoms with Crippen molar-refractivity contribution in [2.75, 3.05) is 5.43 Å². The third kappa shape index (κ3) is 2.56.